The lowest BCUT2D eigenvalue weighted by Crippen LogP contribution is -2.15. The monoisotopic (exact) mass is 300 g/mol. The highest BCUT2D eigenvalue weighted by molar-refractivity contribution is 6.07. The number of carbonyl (C=O) groups is 1. The van der Waals surface area contributed by atoms with Gasteiger partial charge in [0, 0.05) is 6.07 Å². The topological polar surface area (TPSA) is 81.5 Å². The highest BCUT2D eigenvalue weighted by atomic mass is 16.6. The van der Waals surface area contributed by atoms with Gasteiger partial charge in [-0.2, -0.15) is 0 Å². The van der Waals surface area contributed by atoms with E-state index < -0.39 is 10.8 Å². The van der Waals surface area contributed by atoms with Gasteiger partial charge >= 0.3 is 0 Å². The summed E-state index contributed by atoms with van der Waals surface area (Å²) in [6.45, 7) is 3.75. The maximum absolute atomic E-state index is 12.3. The molecule has 0 bridgehead atoms. The van der Waals surface area contributed by atoms with Crippen molar-refractivity contribution in [1.29, 1.82) is 0 Å². The molecule has 0 spiro atoms. The van der Waals surface area contributed by atoms with E-state index >= 15 is 0 Å². The van der Waals surface area contributed by atoms with Crippen LogP contribution in [0.2, 0.25) is 0 Å². The van der Waals surface area contributed by atoms with Crippen LogP contribution in [0.4, 0.5) is 11.4 Å². The fourth-order valence-electron chi connectivity index (χ4n) is 1.94. The van der Waals surface area contributed by atoms with Gasteiger partial charge in [0.1, 0.15) is 11.3 Å². The summed E-state index contributed by atoms with van der Waals surface area (Å²) in [7, 11) is 0. The molecular weight excluding hydrogens is 284 g/mol. The second-order valence-electron chi connectivity index (χ2n) is 4.89. The van der Waals surface area contributed by atoms with Crippen LogP contribution in [0.5, 0.6) is 5.75 Å². The number of anilines is 1. The van der Waals surface area contributed by atoms with Crippen LogP contribution >= 0.6 is 0 Å². The van der Waals surface area contributed by atoms with Gasteiger partial charge in [-0.1, -0.05) is 24.3 Å². The Morgan fingerprint density at radius 3 is 2.45 bits per heavy atom. The molecule has 0 saturated heterocycles. The van der Waals surface area contributed by atoms with Gasteiger partial charge in [-0.3, -0.25) is 14.9 Å². The minimum absolute atomic E-state index is 0.00634. The van der Waals surface area contributed by atoms with E-state index in [0.29, 0.717) is 11.4 Å². The number of nitro groups is 1. The van der Waals surface area contributed by atoms with Gasteiger partial charge in [0.2, 0.25) is 0 Å². The number of amides is 1. The zero-order chi connectivity index (χ0) is 16.1. The number of ether oxygens (including phenoxy) is 1. The Morgan fingerprint density at radius 1 is 1.14 bits per heavy atom. The molecule has 22 heavy (non-hydrogen) atoms. The van der Waals surface area contributed by atoms with Gasteiger partial charge in [-0.05, 0) is 32.0 Å². The zero-order valence-electron chi connectivity index (χ0n) is 12.3. The molecule has 0 aliphatic rings. The second kappa shape index (κ2) is 6.71. The van der Waals surface area contributed by atoms with Crippen molar-refractivity contribution in [2.75, 3.05) is 5.32 Å². The van der Waals surface area contributed by atoms with Crippen molar-refractivity contribution >= 4 is 17.3 Å². The van der Waals surface area contributed by atoms with Crippen LogP contribution in [0.3, 0.4) is 0 Å². The number of nitrogens with zero attached hydrogens (tertiary/aromatic N) is 1. The summed E-state index contributed by atoms with van der Waals surface area (Å²) < 4.78 is 5.61. The molecule has 0 heterocycles. The summed E-state index contributed by atoms with van der Waals surface area (Å²) in [4.78, 5) is 22.7. The van der Waals surface area contributed by atoms with Gasteiger partial charge in [0.05, 0.1) is 16.7 Å². The first kappa shape index (κ1) is 15.5. The SMILES string of the molecule is CC(C)Oc1ccccc1NC(=O)c1ccccc1[N+](=O)[O-]. The van der Waals surface area contributed by atoms with Crippen LogP contribution in [0, 0.1) is 10.1 Å². The molecule has 1 N–H and O–H groups in total. The first-order valence-corrected chi connectivity index (χ1v) is 6.79. The van der Waals surface area contributed by atoms with E-state index in [2.05, 4.69) is 5.32 Å². The van der Waals surface area contributed by atoms with E-state index in [-0.39, 0.29) is 17.4 Å². The Bertz CT molecular complexity index is 698. The summed E-state index contributed by atoms with van der Waals surface area (Å²) in [5.41, 5.74) is 0.244. The van der Waals surface area contributed by atoms with E-state index in [0.717, 1.165) is 0 Å². The van der Waals surface area contributed by atoms with Gasteiger partial charge in [0.25, 0.3) is 11.6 Å². The fourth-order valence-corrected chi connectivity index (χ4v) is 1.94. The lowest BCUT2D eigenvalue weighted by molar-refractivity contribution is -0.385. The third-order valence-electron chi connectivity index (χ3n) is 2.84. The molecule has 0 atom stereocenters. The predicted octanol–water partition coefficient (Wildman–Crippen LogP) is 3.63. The summed E-state index contributed by atoms with van der Waals surface area (Å²) >= 11 is 0. The molecule has 1 amide bonds. The lowest BCUT2D eigenvalue weighted by atomic mass is 10.1. The third kappa shape index (κ3) is 3.60. The van der Waals surface area contributed by atoms with Crippen LogP contribution in [0.25, 0.3) is 0 Å². The van der Waals surface area contributed by atoms with Crippen molar-refractivity contribution in [1.82, 2.24) is 0 Å². The van der Waals surface area contributed by atoms with Crippen LogP contribution in [0.1, 0.15) is 24.2 Å². The van der Waals surface area contributed by atoms with E-state index in [1.807, 2.05) is 13.8 Å². The minimum atomic E-state index is -0.578. The second-order valence-corrected chi connectivity index (χ2v) is 4.89. The maximum atomic E-state index is 12.3. The summed E-state index contributed by atoms with van der Waals surface area (Å²) in [5.74, 6) is -0.0310. The molecule has 6 nitrogen and oxygen atoms in total. The van der Waals surface area contributed by atoms with Gasteiger partial charge in [0.15, 0.2) is 0 Å². The largest absolute Gasteiger partial charge is 0.489 e. The number of hydrogen-bond donors (Lipinski definition) is 1. The molecule has 114 valence electrons. The van der Waals surface area contributed by atoms with Crippen molar-refractivity contribution in [2.24, 2.45) is 0 Å². The smallest absolute Gasteiger partial charge is 0.282 e. The standard InChI is InChI=1S/C16H16N2O4/c1-11(2)22-15-10-6-4-8-13(15)17-16(19)12-7-3-5-9-14(12)18(20)21/h3-11H,1-2H3,(H,17,19). The Morgan fingerprint density at radius 2 is 1.77 bits per heavy atom. The van der Waals surface area contributed by atoms with Crippen LogP contribution in [-0.2, 0) is 0 Å². The lowest BCUT2D eigenvalue weighted by Gasteiger charge is -2.14. The van der Waals surface area contributed by atoms with E-state index in [1.54, 1.807) is 30.3 Å². The van der Waals surface area contributed by atoms with Crippen LogP contribution < -0.4 is 10.1 Å². The summed E-state index contributed by atoms with van der Waals surface area (Å²) in [6, 6.07) is 12.8. The van der Waals surface area contributed by atoms with Crippen molar-refractivity contribution in [2.45, 2.75) is 20.0 Å². The molecule has 0 aliphatic heterocycles. The highest BCUT2D eigenvalue weighted by Gasteiger charge is 2.20. The molecule has 2 rings (SSSR count). The number of carbonyl (C=O) groups excluding carboxylic acids is 1. The average molecular weight is 300 g/mol. The minimum Gasteiger partial charge on any atom is -0.489 e. The summed E-state index contributed by atoms with van der Waals surface area (Å²) in [6.07, 6.45) is -0.0517. The van der Waals surface area contributed by atoms with Crippen molar-refractivity contribution in [3.8, 4) is 5.75 Å². The number of hydrogen-bond acceptors (Lipinski definition) is 4. The summed E-state index contributed by atoms with van der Waals surface area (Å²) in [5, 5.41) is 13.7. The van der Waals surface area contributed by atoms with Gasteiger partial charge in [-0.15, -0.1) is 0 Å². The normalized spacial score (nSPS) is 10.3. The predicted molar refractivity (Wildman–Crippen MR) is 83.3 cm³/mol. The third-order valence-corrected chi connectivity index (χ3v) is 2.84. The van der Waals surface area contributed by atoms with Gasteiger partial charge < -0.3 is 10.1 Å². The molecule has 2 aromatic carbocycles. The molecule has 0 aromatic heterocycles. The van der Waals surface area contributed by atoms with Crippen LogP contribution in [-0.4, -0.2) is 16.9 Å². The molecule has 0 unspecified atom stereocenters. The molecule has 6 heteroatoms. The Hall–Kier alpha value is -2.89. The molecule has 2 aromatic rings. The van der Waals surface area contributed by atoms with Gasteiger partial charge in [-0.25, -0.2) is 0 Å². The Labute approximate surface area is 127 Å². The van der Waals surface area contributed by atoms with Crippen molar-refractivity contribution in [3.05, 3.63) is 64.2 Å². The first-order valence-electron chi connectivity index (χ1n) is 6.79. The number of nitro benzene ring substituents is 1. The quantitative estimate of drug-likeness (QED) is 0.675. The Kier molecular flexibility index (Phi) is 4.73. The molecular formula is C16H16N2O4. The number of nitrogens with one attached hydrogen (secondary N) is 1. The zero-order valence-corrected chi connectivity index (χ0v) is 12.3. The van der Waals surface area contributed by atoms with E-state index in [9.17, 15) is 14.9 Å². The first-order chi connectivity index (χ1) is 10.5. The van der Waals surface area contributed by atoms with Crippen molar-refractivity contribution in [3.63, 3.8) is 0 Å². The van der Waals surface area contributed by atoms with E-state index in [4.69, 9.17) is 4.74 Å². The van der Waals surface area contributed by atoms with Crippen molar-refractivity contribution < 1.29 is 14.5 Å². The highest BCUT2D eigenvalue weighted by Crippen LogP contribution is 2.26. The molecule has 0 saturated carbocycles. The average Bonchev–Trinajstić information content (AvgIpc) is 2.48. The fraction of sp³-hybridized carbons (Fsp3) is 0.188. The number of rotatable bonds is 5. The van der Waals surface area contributed by atoms with Crippen LogP contribution in [0.15, 0.2) is 48.5 Å². The number of para-hydroxylation sites is 3. The number of benzene rings is 2. The molecule has 0 aliphatic carbocycles. The molecule has 0 radical (unpaired) electrons. The molecule has 0 fully saturated rings. The maximum Gasteiger partial charge on any atom is 0.282 e. The van der Waals surface area contributed by atoms with E-state index in [1.165, 1.54) is 18.2 Å². The Balaban J connectivity index is 2.29.